The Balaban J connectivity index is 1.44. The van der Waals surface area contributed by atoms with Crippen LogP contribution in [0.2, 0.25) is 0 Å². The summed E-state index contributed by atoms with van der Waals surface area (Å²) >= 11 is 5.44. The maximum Gasteiger partial charge on any atom is 0.278 e. The Bertz CT molecular complexity index is 1370. The molecule has 31 heavy (non-hydrogen) atoms. The van der Waals surface area contributed by atoms with E-state index in [1.807, 2.05) is 49.4 Å². The highest BCUT2D eigenvalue weighted by Gasteiger charge is 2.12. The van der Waals surface area contributed by atoms with Crippen molar-refractivity contribution in [1.82, 2.24) is 14.5 Å². The molecule has 8 heteroatoms. The molecular weight excluding hydrogens is 412 g/mol. The van der Waals surface area contributed by atoms with E-state index in [0.29, 0.717) is 47.4 Å². The van der Waals surface area contributed by atoms with Crippen LogP contribution in [0.3, 0.4) is 0 Å². The van der Waals surface area contributed by atoms with E-state index in [9.17, 15) is 9.59 Å². The van der Waals surface area contributed by atoms with E-state index in [2.05, 4.69) is 15.3 Å². The average molecular weight is 437 g/mol. The third-order valence-electron chi connectivity index (χ3n) is 5.31. The Morgan fingerprint density at radius 2 is 1.87 bits per heavy atom. The molecule has 1 amide bonds. The van der Waals surface area contributed by atoms with E-state index in [4.69, 9.17) is 17.0 Å². The van der Waals surface area contributed by atoms with Crippen molar-refractivity contribution in [3.8, 4) is 5.75 Å². The topological polar surface area (TPSA) is 91.9 Å². The summed E-state index contributed by atoms with van der Waals surface area (Å²) in [5.41, 5.74) is 3.76. The summed E-state index contributed by atoms with van der Waals surface area (Å²) < 4.78 is 7.19. The van der Waals surface area contributed by atoms with Gasteiger partial charge in [0, 0.05) is 29.6 Å². The van der Waals surface area contributed by atoms with Gasteiger partial charge in [0.25, 0.3) is 5.56 Å². The molecule has 0 spiro atoms. The molecule has 0 bridgehead atoms. The number of nitrogens with zero attached hydrogens (tertiary/aromatic N) is 1. The zero-order chi connectivity index (χ0) is 22.0. The first kappa shape index (κ1) is 20.9. The molecule has 160 valence electrons. The van der Waals surface area contributed by atoms with Crippen molar-refractivity contribution in [1.29, 1.82) is 0 Å². The smallest absolute Gasteiger partial charge is 0.278 e. The lowest BCUT2D eigenvalue weighted by atomic mass is 10.2. The summed E-state index contributed by atoms with van der Waals surface area (Å²) in [6, 6.07) is 13.3. The van der Waals surface area contributed by atoms with E-state index in [-0.39, 0.29) is 11.5 Å². The zero-order valence-electron chi connectivity index (χ0n) is 17.5. The van der Waals surface area contributed by atoms with Gasteiger partial charge in [0.2, 0.25) is 5.91 Å². The van der Waals surface area contributed by atoms with Gasteiger partial charge in [0.1, 0.15) is 11.3 Å². The maximum absolute atomic E-state index is 13.0. The van der Waals surface area contributed by atoms with Crippen molar-refractivity contribution >= 4 is 45.7 Å². The molecule has 3 N–H and O–H groups in total. The van der Waals surface area contributed by atoms with Gasteiger partial charge in [-0.1, -0.05) is 17.7 Å². The van der Waals surface area contributed by atoms with Gasteiger partial charge in [-0.25, -0.2) is 0 Å². The number of hydrogen-bond acceptors (Lipinski definition) is 4. The maximum atomic E-state index is 13.0. The molecule has 2 heterocycles. The van der Waals surface area contributed by atoms with Crippen LogP contribution in [0.15, 0.2) is 47.3 Å². The number of hydrogen-bond donors (Lipinski definition) is 3. The van der Waals surface area contributed by atoms with E-state index in [1.54, 1.807) is 11.7 Å². The molecule has 0 saturated heterocycles. The number of nitrogens with one attached hydrogen (secondary N) is 3. The molecule has 0 atom stereocenters. The highest BCUT2D eigenvalue weighted by atomic mass is 32.1. The fourth-order valence-corrected chi connectivity index (χ4v) is 3.89. The molecule has 0 aliphatic carbocycles. The number of carbonyl (C=O) groups excluding carboxylic acids is 1. The number of fused-ring (bicyclic) bond motifs is 3. The molecule has 0 saturated carbocycles. The lowest BCUT2D eigenvalue weighted by Crippen LogP contribution is -2.22. The lowest BCUT2D eigenvalue weighted by molar-refractivity contribution is -0.116. The predicted molar refractivity (Wildman–Crippen MR) is 125 cm³/mol. The number of methoxy groups -OCH3 is 1. The second-order valence-electron chi connectivity index (χ2n) is 7.54. The standard InChI is InChI=1S/C23H24N4O3S/c1-14-6-8-15(9-7-14)24-19(28)5-3-4-12-27-22(29)21-20(26-23(27)31)17-13-16(30-2)10-11-18(17)25-21/h6-11,13,25H,3-5,12H2,1-2H3,(H,24,28)(H,26,31). The fourth-order valence-electron chi connectivity index (χ4n) is 3.61. The zero-order valence-corrected chi connectivity index (χ0v) is 18.3. The van der Waals surface area contributed by atoms with Gasteiger partial charge in [0.15, 0.2) is 4.77 Å². The number of H-pyrrole nitrogens is 2. The van der Waals surface area contributed by atoms with Crippen molar-refractivity contribution in [3.05, 3.63) is 63.2 Å². The SMILES string of the molecule is COc1ccc2[nH]c3c(=O)n(CCCCC(=O)Nc4ccc(C)cc4)c(=S)[nH]c3c2c1. The second-order valence-corrected chi connectivity index (χ2v) is 7.93. The number of unbranched alkanes of at least 4 members (excludes halogenated alkanes) is 1. The van der Waals surface area contributed by atoms with Gasteiger partial charge >= 0.3 is 0 Å². The Morgan fingerprint density at radius 3 is 2.61 bits per heavy atom. The molecule has 0 aliphatic rings. The Kier molecular flexibility index (Phi) is 5.90. The highest BCUT2D eigenvalue weighted by Crippen LogP contribution is 2.25. The molecular formula is C23H24N4O3S. The molecule has 4 rings (SSSR count). The van der Waals surface area contributed by atoms with Gasteiger partial charge < -0.3 is 20.0 Å². The van der Waals surface area contributed by atoms with Crippen molar-refractivity contribution in [2.75, 3.05) is 12.4 Å². The minimum absolute atomic E-state index is 0.0404. The molecule has 4 aromatic rings. The quantitative estimate of drug-likeness (QED) is 0.290. The van der Waals surface area contributed by atoms with Crippen LogP contribution >= 0.6 is 12.2 Å². The molecule has 0 aliphatic heterocycles. The number of ether oxygens (including phenoxy) is 1. The summed E-state index contributed by atoms with van der Waals surface area (Å²) in [6.45, 7) is 2.45. The lowest BCUT2D eigenvalue weighted by Gasteiger charge is -2.08. The summed E-state index contributed by atoms with van der Waals surface area (Å²) in [5.74, 6) is 0.669. The third kappa shape index (κ3) is 4.39. The van der Waals surface area contributed by atoms with Crippen LogP contribution in [0.25, 0.3) is 21.9 Å². The van der Waals surface area contributed by atoms with Crippen LogP contribution in [-0.2, 0) is 11.3 Å². The largest absolute Gasteiger partial charge is 0.497 e. The Labute approximate surface area is 184 Å². The molecule has 2 aromatic carbocycles. The van der Waals surface area contributed by atoms with Crippen molar-refractivity contribution in [3.63, 3.8) is 0 Å². The minimum atomic E-state index is -0.168. The van der Waals surface area contributed by atoms with Gasteiger partial charge in [-0.05, 0) is 62.3 Å². The van der Waals surface area contributed by atoms with Crippen LogP contribution in [-0.4, -0.2) is 27.6 Å². The van der Waals surface area contributed by atoms with Crippen LogP contribution < -0.4 is 15.6 Å². The van der Waals surface area contributed by atoms with Crippen molar-refractivity contribution in [2.45, 2.75) is 32.7 Å². The summed E-state index contributed by atoms with van der Waals surface area (Å²) in [5, 5.41) is 3.75. The molecule has 0 radical (unpaired) electrons. The highest BCUT2D eigenvalue weighted by molar-refractivity contribution is 7.71. The number of aryl methyl sites for hydroxylation is 1. The number of aromatic nitrogens is 3. The van der Waals surface area contributed by atoms with Gasteiger partial charge in [-0.3, -0.25) is 14.2 Å². The molecule has 0 fully saturated rings. The number of carbonyl (C=O) groups is 1. The molecule has 0 unspecified atom stereocenters. The van der Waals surface area contributed by atoms with Crippen LogP contribution in [0.4, 0.5) is 5.69 Å². The molecule has 2 aromatic heterocycles. The number of anilines is 1. The van der Waals surface area contributed by atoms with E-state index in [0.717, 1.165) is 22.2 Å². The van der Waals surface area contributed by atoms with E-state index >= 15 is 0 Å². The average Bonchev–Trinajstić information content (AvgIpc) is 3.12. The second kappa shape index (κ2) is 8.77. The number of benzene rings is 2. The third-order valence-corrected chi connectivity index (χ3v) is 5.64. The number of aromatic amines is 2. The first-order chi connectivity index (χ1) is 15.0. The Hall–Kier alpha value is -3.39. The van der Waals surface area contributed by atoms with Crippen LogP contribution in [0, 0.1) is 11.7 Å². The first-order valence-corrected chi connectivity index (χ1v) is 10.6. The minimum Gasteiger partial charge on any atom is -0.497 e. The van der Waals surface area contributed by atoms with Gasteiger partial charge in [-0.2, -0.15) is 0 Å². The van der Waals surface area contributed by atoms with Crippen LogP contribution in [0.5, 0.6) is 5.75 Å². The predicted octanol–water partition coefficient (Wildman–Crippen LogP) is 4.67. The van der Waals surface area contributed by atoms with Crippen molar-refractivity contribution < 1.29 is 9.53 Å². The number of rotatable bonds is 7. The van der Waals surface area contributed by atoms with Crippen LogP contribution in [0.1, 0.15) is 24.8 Å². The fraction of sp³-hybridized carbons (Fsp3) is 0.261. The monoisotopic (exact) mass is 436 g/mol. The van der Waals surface area contributed by atoms with Crippen molar-refractivity contribution in [2.24, 2.45) is 0 Å². The number of amides is 1. The summed E-state index contributed by atoms with van der Waals surface area (Å²) in [4.78, 5) is 31.5. The normalized spacial score (nSPS) is 11.2. The van der Waals surface area contributed by atoms with Gasteiger partial charge in [-0.15, -0.1) is 0 Å². The Morgan fingerprint density at radius 1 is 1.10 bits per heavy atom. The van der Waals surface area contributed by atoms with E-state index in [1.165, 1.54) is 0 Å². The van der Waals surface area contributed by atoms with Gasteiger partial charge in [0.05, 0.1) is 12.6 Å². The first-order valence-electron chi connectivity index (χ1n) is 10.2. The van der Waals surface area contributed by atoms with E-state index < -0.39 is 0 Å². The summed E-state index contributed by atoms with van der Waals surface area (Å²) in [7, 11) is 1.60. The summed E-state index contributed by atoms with van der Waals surface area (Å²) in [6.07, 6.45) is 1.70. The molecule has 7 nitrogen and oxygen atoms in total.